The second-order valence-electron chi connectivity index (χ2n) is 7.62. The highest BCUT2D eigenvalue weighted by Crippen LogP contribution is 2.56. The summed E-state index contributed by atoms with van der Waals surface area (Å²) in [6.07, 6.45) is 8.91. The van der Waals surface area contributed by atoms with Gasteiger partial charge in [-0.2, -0.15) is 0 Å². The van der Waals surface area contributed by atoms with Crippen LogP contribution < -0.4 is 4.74 Å². The maximum atomic E-state index is 5.98. The third-order valence-corrected chi connectivity index (χ3v) is 6.44. The van der Waals surface area contributed by atoms with Crippen molar-refractivity contribution in [3.05, 3.63) is 23.2 Å². The lowest BCUT2D eigenvalue weighted by molar-refractivity contribution is 0.254. The summed E-state index contributed by atoms with van der Waals surface area (Å²) in [6, 6.07) is 0. The lowest BCUT2D eigenvalue weighted by atomic mass is 9.87. The molecule has 1 aliphatic carbocycles. The van der Waals surface area contributed by atoms with Crippen LogP contribution in [-0.4, -0.2) is 27.7 Å². The Bertz CT molecular complexity index is 726. The third-order valence-electron chi connectivity index (χ3n) is 5.20. The number of ether oxygens (including phenoxy) is 1. The van der Waals surface area contributed by atoms with Crippen LogP contribution in [0.5, 0.6) is 5.88 Å². The second kappa shape index (κ2) is 7.10. The molecule has 2 atom stereocenters. The molecule has 0 aromatic carbocycles. The van der Waals surface area contributed by atoms with E-state index in [9.17, 15) is 0 Å². The number of dihydropyridines is 1. The van der Waals surface area contributed by atoms with Crippen LogP contribution in [-0.2, 0) is 0 Å². The van der Waals surface area contributed by atoms with E-state index in [1.54, 1.807) is 17.5 Å². The number of rotatable bonds is 6. The van der Waals surface area contributed by atoms with E-state index in [0.717, 1.165) is 22.9 Å². The van der Waals surface area contributed by atoms with E-state index < -0.39 is 0 Å². The summed E-state index contributed by atoms with van der Waals surface area (Å²) in [7, 11) is 0. The van der Waals surface area contributed by atoms with Crippen molar-refractivity contribution in [3.8, 4) is 5.88 Å². The molecule has 2 unspecified atom stereocenters. The van der Waals surface area contributed by atoms with Crippen LogP contribution in [0.25, 0.3) is 0 Å². The van der Waals surface area contributed by atoms with Crippen LogP contribution in [0.3, 0.4) is 0 Å². The Labute approximate surface area is 154 Å². The number of thioether (sulfide) groups is 1. The Morgan fingerprint density at radius 3 is 2.96 bits per heavy atom. The fourth-order valence-electron chi connectivity index (χ4n) is 4.04. The van der Waals surface area contributed by atoms with Gasteiger partial charge in [0.05, 0.1) is 23.1 Å². The van der Waals surface area contributed by atoms with Crippen molar-refractivity contribution in [3.63, 3.8) is 0 Å². The van der Waals surface area contributed by atoms with Crippen molar-refractivity contribution < 1.29 is 4.74 Å². The van der Waals surface area contributed by atoms with Gasteiger partial charge in [0, 0.05) is 5.71 Å². The SMILES string of the molecule is CCCCC1=NC2Sc3c(OCC(C)C)ncnc3C2C2=C1CCC2. The van der Waals surface area contributed by atoms with Gasteiger partial charge in [0.15, 0.2) is 0 Å². The van der Waals surface area contributed by atoms with Gasteiger partial charge in [-0.1, -0.05) is 44.5 Å². The van der Waals surface area contributed by atoms with E-state index >= 15 is 0 Å². The highest BCUT2D eigenvalue weighted by molar-refractivity contribution is 8.00. The predicted molar refractivity (Wildman–Crippen MR) is 103 cm³/mol. The first-order valence-corrected chi connectivity index (χ1v) is 10.5. The minimum absolute atomic E-state index is 0.233. The Kier molecular flexibility index (Phi) is 4.85. The molecule has 5 heteroatoms. The maximum Gasteiger partial charge on any atom is 0.230 e. The van der Waals surface area contributed by atoms with Gasteiger partial charge in [-0.25, -0.2) is 9.97 Å². The molecule has 0 saturated heterocycles. The molecule has 134 valence electrons. The molecule has 0 spiro atoms. The van der Waals surface area contributed by atoms with Crippen LogP contribution >= 0.6 is 11.8 Å². The molecule has 0 radical (unpaired) electrons. The molecule has 0 saturated carbocycles. The van der Waals surface area contributed by atoms with Gasteiger partial charge in [-0.3, -0.25) is 4.99 Å². The predicted octanol–water partition coefficient (Wildman–Crippen LogP) is 5.15. The molecule has 1 aromatic heterocycles. The third kappa shape index (κ3) is 3.12. The van der Waals surface area contributed by atoms with E-state index in [2.05, 4.69) is 30.7 Å². The first-order valence-electron chi connectivity index (χ1n) is 9.62. The molecular weight excluding hydrogens is 330 g/mol. The summed E-state index contributed by atoms with van der Waals surface area (Å²) >= 11 is 1.81. The first-order chi connectivity index (χ1) is 12.2. The summed E-state index contributed by atoms with van der Waals surface area (Å²) in [5.74, 6) is 1.58. The molecule has 25 heavy (non-hydrogen) atoms. The Hall–Kier alpha value is -1.36. The molecule has 1 aromatic rings. The van der Waals surface area contributed by atoms with Gasteiger partial charge in [0.25, 0.3) is 0 Å². The monoisotopic (exact) mass is 357 g/mol. The van der Waals surface area contributed by atoms with Crippen molar-refractivity contribution in [2.24, 2.45) is 10.9 Å². The molecule has 2 aliphatic heterocycles. The van der Waals surface area contributed by atoms with Gasteiger partial charge in [-0.05, 0) is 43.6 Å². The van der Waals surface area contributed by atoms with Gasteiger partial charge < -0.3 is 4.74 Å². The Balaban J connectivity index is 1.67. The summed E-state index contributed by atoms with van der Waals surface area (Å²) in [5, 5.41) is 0.233. The molecule has 3 aliphatic rings. The van der Waals surface area contributed by atoms with Gasteiger partial charge in [0.1, 0.15) is 11.7 Å². The van der Waals surface area contributed by atoms with E-state index in [1.807, 2.05) is 11.8 Å². The number of hydrogen-bond donors (Lipinski definition) is 0. The Morgan fingerprint density at radius 1 is 1.28 bits per heavy atom. The number of hydrogen-bond acceptors (Lipinski definition) is 5. The Morgan fingerprint density at radius 2 is 2.16 bits per heavy atom. The lowest BCUT2D eigenvalue weighted by Crippen LogP contribution is -2.21. The van der Waals surface area contributed by atoms with Crippen molar-refractivity contribution >= 4 is 17.5 Å². The minimum atomic E-state index is 0.233. The zero-order valence-electron chi connectivity index (χ0n) is 15.4. The summed E-state index contributed by atoms with van der Waals surface area (Å²) in [5.41, 5.74) is 5.67. The number of aliphatic imine (C=N–C) groups is 1. The fourth-order valence-corrected chi connectivity index (χ4v) is 5.41. The van der Waals surface area contributed by atoms with E-state index in [1.165, 1.54) is 37.8 Å². The number of aromatic nitrogens is 2. The molecule has 4 rings (SSSR count). The van der Waals surface area contributed by atoms with Crippen molar-refractivity contribution in [2.75, 3.05) is 6.61 Å². The fraction of sp³-hybridized carbons (Fsp3) is 0.650. The zero-order chi connectivity index (χ0) is 17.4. The lowest BCUT2D eigenvalue weighted by Gasteiger charge is -2.26. The van der Waals surface area contributed by atoms with Crippen LogP contribution in [0.1, 0.15) is 70.9 Å². The number of nitrogens with zero attached hydrogens (tertiary/aromatic N) is 3. The van der Waals surface area contributed by atoms with Gasteiger partial charge >= 0.3 is 0 Å². The minimum Gasteiger partial charge on any atom is -0.477 e. The molecule has 4 nitrogen and oxygen atoms in total. The van der Waals surface area contributed by atoms with Crippen molar-refractivity contribution in [1.29, 1.82) is 0 Å². The summed E-state index contributed by atoms with van der Waals surface area (Å²) in [4.78, 5) is 15.4. The van der Waals surface area contributed by atoms with Crippen LogP contribution in [0.2, 0.25) is 0 Å². The van der Waals surface area contributed by atoms with E-state index in [0.29, 0.717) is 18.4 Å². The van der Waals surface area contributed by atoms with Gasteiger partial charge in [0.2, 0.25) is 5.88 Å². The maximum absolute atomic E-state index is 5.98. The van der Waals surface area contributed by atoms with E-state index in [4.69, 9.17) is 9.73 Å². The van der Waals surface area contributed by atoms with Crippen molar-refractivity contribution in [1.82, 2.24) is 9.97 Å². The van der Waals surface area contributed by atoms with Crippen LogP contribution in [0, 0.1) is 5.92 Å². The van der Waals surface area contributed by atoms with Gasteiger partial charge in [-0.15, -0.1) is 0 Å². The highest BCUT2D eigenvalue weighted by atomic mass is 32.2. The first kappa shape index (κ1) is 17.1. The van der Waals surface area contributed by atoms with E-state index in [-0.39, 0.29) is 5.37 Å². The quantitative estimate of drug-likeness (QED) is 0.706. The number of fused-ring (bicyclic) bond motifs is 4. The average molecular weight is 358 g/mol. The molecular formula is C20H27N3OS. The highest BCUT2D eigenvalue weighted by Gasteiger charge is 2.44. The normalized spacial score (nSPS) is 24.2. The number of unbranched alkanes of at least 4 members (excludes halogenated alkanes) is 1. The summed E-state index contributed by atoms with van der Waals surface area (Å²) in [6.45, 7) is 7.27. The topological polar surface area (TPSA) is 47.4 Å². The molecule has 0 N–H and O–H groups in total. The molecule has 3 heterocycles. The molecule has 0 bridgehead atoms. The smallest absolute Gasteiger partial charge is 0.230 e. The average Bonchev–Trinajstić information content (AvgIpc) is 3.21. The van der Waals surface area contributed by atoms with Crippen molar-refractivity contribution in [2.45, 2.75) is 75.5 Å². The second-order valence-corrected chi connectivity index (χ2v) is 8.75. The standard InChI is InChI=1S/C20H27N3OS/c1-4-5-9-15-13-7-6-8-14(13)16-17-18(25-20(16)23-15)19(22-11-21-17)24-10-12(2)3/h11-12,16,20H,4-10H2,1-3H3. The summed E-state index contributed by atoms with van der Waals surface area (Å²) < 4.78 is 5.98. The van der Waals surface area contributed by atoms with Crippen LogP contribution in [0.4, 0.5) is 0 Å². The largest absolute Gasteiger partial charge is 0.477 e. The molecule has 0 amide bonds. The zero-order valence-corrected chi connectivity index (χ0v) is 16.2. The number of allylic oxidation sites excluding steroid dienone is 1. The molecule has 0 fully saturated rings. The van der Waals surface area contributed by atoms with Crippen LogP contribution in [0.15, 0.2) is 27.4 Å².